The van der Waals surface area contributed by atoms with E-state index in [1.165, 1.54) is 65.5 Å². The summed E-state index contributed by atoms with van der Waals surface area (Å²) in [7, 11) is 0. The lowest BCUT2D eigenvalue weighted by Gasteiger charge is -2.18. The third-order valence-electron chi connectivity index (χ3n) is 11.1. The highest BCUT2D eigenvalue weighted by atomic mass is 32.1. The van der Waals surface area contributed by atoms with Crippen LogP contribution in [0.25, 0.3) is 110 Å². The molecule has 1 nitrogen and oxygen atoms in total. The molecule has 1 heterocycles. The minimum absolute atomic E-state index is 0.882. The molecular weight excluding hydrogens is 673 g/mol. The van der Waals surface area contributed by atoms with Gasteiger partial charge in [-0.15, -0.1) is 12.6 Å². The average molecular weight is 705 g/mol. The Bertz CT molecular complexity index is 3220. The largest absolute Gasteiger partial charge is 0.456 e. The van der Waals surface area contributed by atoms with Gasteiger partial charge in [0.2, 0.25) is 0 Å². The summed E-state index contributed by atoms with van der Waals surface area (Å²) in [4.78, 5) is 0.954. The van der Waals surface area contributed by atoms with Crippen LogP contribution in [0.1, 0.15) is 0 Å². The maximum atomic E-state index is 6.44. The van der Waals surface area contributed by atoms with Crippen molar-refractivity contribution in [3.63, 3.8) is 0 Å². The summed E-state index contributed by atoms with van der Waals surface area (Å²) in [5.41, 5.74) is 11.3. The van der Waals surface area contributed by atoms with Crippen LogP contribution < -0.4 is 0 Å². The molecule has 0 aliphatic carbocycles. The number of thiol groups is 1. The molecular formula is C52H32OS. The van der Waals surface area contributed by atoms with Crippen molar-refractivity contribution < 1.29 is 4.42 Å². The molecule has 11 aromatic rings. The summed E-state index contributed by atoms with van der Waals surface area (Å²) in [6, 6.07) is 68.1. The summed E-state index contributed by atoms with van der Waals surface area (Å²) in [5.74, 6) is 0. The zero-order valence-electron chi connectivity index (χ0n) is 29.3. The predicted molar refractivity (Wildman–Crippen MR) is 233 cm³/mol. The van der Waals surface area contributed by atoms with Gasteiger partial charge in [-0.3, -0.25) is 0 Å². The van der Waals surface area contributed by atoms with E-state index in [2.05, 4.69) is 182 Å². The molecule has 10 aromatic carbocycles. The van der Waals surface area contributed by atoms with Gasteiger partial charge >= 0.3 is 0 Å². The third kappa shape index (κ3) is 4.95. The second kappa shape index (κ2) is 12.2. The molecule has 11 rings (SSSR count). The van der Waals surface area contributed by atoms with Gasteiger partial charge in [-0.25, -0.2) is 0 Å². The molecule has 0 fully saturated rings. The van der Waals surface area contributed by atoms with Gasteiger partial charge in [0, 0.05) is 15.7 Å². The molecule has 0 saturated carbocycles. The highest BCUT2D eigenvalue weighted by Gasteiger charge is 2.18. The summed E-state index contributed by atoms with van der Waals surface area (Å²) in [6.07, 6.45) is 0. The molecule has 2 heteroatoms. The maximum Gasteiger partial charge on any atom is 0.136 e. The quantitative estimate of drug-likeness (QED) is 0.142. The number of hydrogen-bond donors (Lipinski definition) is 1. The van der Waals surface area contributed by atoms with E-state index in [1.54, 1.807) is 0 Å². The molecule has 0 saturated heterocycles. The van der Waals surface area contributed by atoms with Crippen molar-refractivity contribution in [3.8, 4) is 44.5 Å². The molecule has 0 unspecified atom stereocenters. The van der Waals surface area contributed by atoms with Gasteiger partial charge in [-0.05, 0) is 136 Å². The minimum Gasteiger partial charge on any atom is -0.456 e. The Kier molecular flexibility index (Phi) is 7.01. The van der Waals surface area contributed by atoms with E-state index in [0.717, 1.165) is 48.9 Å². The fourth-order valence-corrected chi connectivity index (χ4v) is 8.87. The second-order valence-corrected chi connectivity index (χ2v) is 14.7. The Morgan fingerprint density at radius 2 is 0.852 bits per heavy atom. The first-order valence-corrected chi connectivity index (χ1v) is 18.8. The van der Waals surface area contributed by atoms with E-state index < -0.39 is 0 Å². The lowest BCUT2D eigenvalue weighted by molar-refractivity contribution is 0.669. The van der Waals surface area contributed by atoms with E-state index in [4.69, 9.17) is 17.0 Å². The molecule has 0 spiro atoms. The molecule has 1 aromatic heterocycles. The van der Waals surface area contributed by atoms with Gasteiger partial charge < -0.3 is 4.42 Å². The van der Waals surface area contributed by atoms with E-state index in [9.17, 15) is 0 Å². The molecule has 0 N–H and O–H groups in total. The zero-order valence-corrected chi connectivity index (χ0v) is 30.1. The summed E-state index contributed by atoms with van der Waals surface area (Å²) >= 11 is 4.86. The first kappa shape index (κ1) is 31.0. The summed E-state index contributed by atoms with van der Waals surface area (Å²) in [6.45, 7) is 0. The monoisotopic (exact) mass is 704 g/mol. The van der Waals surface area contributed by atoms with Gasteiger partial charge in [0.05, 0.1) is 0 Å². The molecule has 0 radical (unpaired) electrons. The van der Waals surface area contributed by atoms with Crippen LogP contribution in [0.3, 0.4) is 0 Å². The molecule has 0 aliphatic rings. The molecule has 0 bridgehead atoms. The minimum atomic E-state index is 0.882. The lowest BCUT2D eigenvalue weighted by Crippen LogP contribution is -1.91. The Labute approximate surface area is 318 Å². The predicted octanol–water partition coefficient (Wildman–Crippen LogP) is 15.2. The van der Waals surface area contributed by atoms with Crippen LogP contribution in [-0.2, 0) is 0 Å². The van der Waals surface area contributed by atoms with Crippen molar-refractivity contribution in [2.24, 2.45) is 0 Å². The molecule has 0 atom stereocenters. The van der Waals surface area contributed by atoms with Gasteiger partial charge in [0.1, 0.15) is 11.2 Å². The highest BCUT2D eigenvalue weighted by molar-refractivity contribution is 7.80. The average Bonchev–Trinajstić information content (AvgIpc) is 3.58. The van der Waals surface area contributed by atoms with E-state index >= 15 is 0 Å². The van der Waals surface area contributed by atoms with Crippen molar-refractivity contribution in [1.29, 1.82) is 0 Å². The zero-order chi connectivity index (χ0) is 35.8. The van der Waals surface area contributed by atoms with Crippen LogP contribution in [0, 0.1) is 0 Å². The van der Waals surface area contributed by atoms with E-state index in [1.807, 2.05) is 6.07 Å². The summed E-state index contributed by atoms with van der Waals surface area (Å²) < 4.78 is 6.44. The van der Waals surface area contributed by atoms with E-state index in [0.29, 0.717) is 0 Å². The van der Waals surface area contributed by atoms with Crippen molar-refractivity contribution in [2.45, 2.75) is 4.90 Å². The van der Waals surface area contributed by atoms with Crippen LogP contribution in [0.15, 0.2) is 197 Å². The molecule has 252 valence electrons. The Morgan fingerprint density at radius 3 is 1.59 bits per heavy atom. The van der Waals surface area contributed by atoms with Crippen LogP contribution in [0.5, 0.6) is 0 Å². The molecule has 0 aliphatic heterocycles. The first-order valence-electron chi connectivity index (χ1n) is 18.4. The standard InChI is InChI=1S/C52H32OS/c54-50-31-40-30-49-47(29-39(40)28-45(50)33-12-2-1-3-13-33)46-27-36(23-24-48(46)53-49)35-15-10-16-37(26-35)51-41-17-6-8-19-43(41)52(44-20-9-7-18-42(44)51)38-22-21-32-11-4-5-14-34(32)25-38/h1-31,54H. The number of rotatable bonds is 4. The maximum absolute atomic E-state index is 6.44. The SMILES string of the molecule is Sc1cc2cc3oc4ccc(-c5cccc(-c6c7ccccc7c(-c7ccc8ccccc8c7)c7ccccc67)c5)cc4c3cc2cc1-c1ccccc1. The number of fused-ring (bicyclic) bond motifs is 7. The van der Waals surface area contributed by atoms with E-state index in [-0.39, 0.29) is 0 Å². The van der Waals surface area contributed by atoms with Gasteiger partial charge in [-0.1, -0.05) is 140 Å². The van der Waals surface area contributed by atoms with Crippen molar-refractivity contribution in [3.05, 3.63) is 188 Å². The normalized spacial score (nSPS) is 11.8. The van der Waals surface area contributed by atoms with Crippen LogP contribution in [0.4, 0.5) is 0 Å². The smallest absolute Gasteiger partial charge is 0.136 e. The van der Waals surface area contributed by atoms with Crippen molar-refractivity contribution in [2.75, 3.05) is 0 Å². The van der Waals surface area contributed by atoms with Gasteiger partial charge in [0.25, 0.3) is 0 Å². The topological polar surface area (TPSA) is 13.1 Å². The second-order valence-electron chi connectivity index (χ2n) is 14.2. The van der Waals surface area contributed by atoms with Gasteiger partial charge in [-0.2, -0.15) is 0 Å². The first-order chi connectivity index (χ1) is 26.7. The Hall–Kier alpha value is -6.61. The van der Waals surface area contributed by atoms with Crippen molar-refractivity contribution in [1.82, 2.24) is 0 Å². The lowest BCUT2D eigenvalue weighted by atomic mass is 9.85. The molecule has 0 amide bonds. The number of benzene rings is 10. The Morgan fingerprint density at radius 1 is 0.296 bits per heavy atom. The van der Waals surface area contributed by atoms with Gasteiger partial charge in [0.15, 0.2) is 0 Å². The number of furan rings is 1. The fraction of sp³-hybridized carbons (Fsp3) is 0. The Balaban J connectivity index is 1.07. The molecule has 54 heavy (non-hydrogen) atoms. The highest BCUT2D eigenvalue weighted by Crippen LogP contribution is 2.45. The number of hydrogen-bond acceptors (Lipinski definition) is 2. The van der Waals surface area contributed by atoms with Crippen LogP contribution in [-0.4, -0.2) is 0 Å². The third-order valence-corrected chi connectivity index (χ3v) is 11.5. The van der Waals surface area contributed by atoms with Crippen LogP contribution >= 0.6 is 12.6 Å². The summed E-state index contributed by atoms with van der Waals surface area (Å²) in [5, 5.41) is 12.0. The fourth-order valence-electron chi connectivity index (χ4n) is 8.54. The van der Waals surface area contributed by atoms with Crippen LogP contribution in [0.2, 0.25) is 0 Å². The van der Waals surface area contributed by atoms with Crippen molar-refractivity contribution >= 4 is 77.7 Å².